The van der Waals surface area contributed by atoms with E-state index in [9.17, 15) is 4.79 Å². The Morgan fingerprint density at radius 3 is 3.12 bits per heavy atom. The molecule has 2 aliphatic rings. The van der Waals surface area contributed by atoms with E-state index in [0.717, 1.165) is 60.0 Å². The normalized spacial score (nSPS) is 23.8. The van der Waals surface area contributed by atoms with Crippen molar-refractivity contribution < 1.29 is 9.53 Å². The molecule has 0 radical (unpaired) electrons. The molecule has 2 saturated heterocycles. The number of fused-ring (bicyclic) bond motifs is 3. The highest BCUT2D eigenvalue weighted by Gasteiger charge is 2.32. The average Bonchev–Trinajstić information content (AvgIpc) is 3.38. The van der Waals surface area contributed by atoms with Crippen LogP contribution in [-0.4, -0.2) is 57.0 Å². The van der Waals surface area contributed by atoms with Gasteiger partial charge in [-0.05, 0) is 25.3 Å². The van der Waals surface area contributed by atoms with Crippen molar-refractivity contribution in [2.45, 2.75) is 25.2 Å². The molecule has 1 amide bonds. The van der Waals surface area contributed by atoms with Gasteiger partial charge in [0.15, 0.2) is 0 Å². The van der Waals surface area contributed by atoms with Crippen molar-refractivity contribution in [1.29, 1.82) is 0 Å². The number of ether oxygens (including phenoxy) is 1. The number of aromatic nitrogens is 4. The molecule has 1 N–H and O–H groups in total. The largest absolute Gasteiger partial charge is 0.381 e. The molecule has 0 saturated carbocycles. The number of carbonyl (C=O) groups excluding carboxylic acids is 1. The van der Waals surface area contributed by atoms with E-state index in [1.54, 1.807) is 12.5 Å². The first-order valence-electron chi connectivity index (χ1n) is 9.24. The van der Waals surface area contributed by atoms with Gasteiger partial charge in [-0.15, -0.1) is 0 Å². The van der Waals surface area contributed by atoms with Crippen molar-refractivity contribution in [2.24, 2.45) is 5.92 Å². The lowest BCUT2D eigenvalue weighted by Gasteiger charge is -2.34. The van der Waals surface area contributed by atoms with Crippen LogP contribution < -0.4 is 0 Å². The van der Waals surface area contributed by atoms with Crippen LogP contribution in [0.3, 0.4) is 0 Å². The summed E-state index contributed by atoms with van der Waals surface area (Å²) in [5.74, 6) is 0.483. The molecule has 2 atom stereocenters. The number of H-pyrrole nitrogens is 1. The number of aromatic amines is 1. The lowest BCUT2D eigenvalue weighted by molar-refractivity contribution is -0.136. The summed E-state index contributed by atoms with van der Waals surface area (Å²) in [5.41, 5.74) is 2.73. The number of nitrogens with zero attached hydrogens (tertiary/aromatic N) is 4. The average molecular weight is 351 g/mol. The van der Waals surface area contributed by atoms with Crippen molar-refractivity contribution in [3.8, 4) is 0 Å². The first-order chi connectivity index (χ1) is 12.8. The Morgan fingerprint density at radius 1 is 1.27 bits per heavy atom. The predicted molar refractivity (Wildman–Crippen MR) is 96.7 cm³/mol. The summed E-state index contributed by atoms with van der Waals surface area (Å²) in [6.07, 6.45) is 8.17. The van der Waals surface area contributed by atoms with E-state index in [2.05, 4.69) is 19.9 Å². The zero-order valence-corrected chi connectivity index (χ0v) is 14.5. The summed E-state index contributed by atoms with van der Waals surface area (Å²) in [6, 6.07) is 2.03. The zero-order chi connectivity index (χ0) is 17.5. The topological polar surface area (TPSA) is 84.0 Å². The van der Waals surface area contributed by atoms with Crippen LogP contribution in [0.4, 0.5) is 0 Å². The molecule has 2 fully saturated rings. The monoisotopic (exact) mass is 351 g/mol. The van der Waals surface area contributed by atoms with Crippen LogP contribution in [0.15, 0.2) is 24.8 Å². The molecule has 5 rings (SSSR count). The van der Waals surface area contributed by atoms with E-state index in [4.69, 9.17) is 4.74 Å². The van der Waals surface area contributed by atoms with Crippen LogP contribution in [0.2, 0.25) is 0 Å². The van der Waals surface area contributed by atoms with Gasteiger partial charge >= 0.3 is 0 Å². The zero-order valence-electron chi connectivity index (χ0n) is 14.5. The number of piperidine rings is 1. The number of hydrogen-bond donors (Lipinski definition) is 1. The maximum atomic E-state index is 12.8. The van der Waals surface area contributed by atoms with E-state index < -0.39 is 0 Å². The minimum absolute atomic E-state index is 0.0245. The predicted octanol–water partition coefficient (Wildman–Crippen LogP) is 2.25. The quantitative estimate of drug-likeness (QED) is 0.765. The van der Waals surface area contributed by atoms with Gasteiger partial charge in [0.2, 0.25) is 5.91 Å². The van der Waals surface area contributed by atoms with Gasteiger partial charge in [-0.1, -0.05) is 0 Å². The number of nitrogens with one attached hydrogen (secondary N) is 1. The molecule has 7 nitrogen and oxygen atoms in total. The number of hydrogen-bond acceptors (Lipinski definition) is 5. The van der Waals surface area contributed by atoms with Gasteiger partial charge in [-0.3, -0.25) is 4.79 Å². The van der Waals surface area contributed by atoms with Gasteiger partial charge in [-0.2, -0.15) is 0 Å². The Kier molecular flexibility index (Phi) is 3.81. The van der Waals surface area contributed by atoms with E-state index >= 15 is 0 Å². The molecule has 0 spiro atoms. The third-order valence-corrected chi connectivity index (χ3v) is 5.62. The van der Waals surface area contributed by atoms with Crippen LogP contribution in [0.1, 0.15) is 30.9 Å². The van der Waals surface area contributed by atoms with E-state index in [0.29, 0.717) is 13.2 Å². The van der Waals surface area contributed by atoms with Crippen molar-refractivity contribution in [3.63, 3.8) is 0 Å². The van der Waals surface area contributed by atoms with Crippen LogP contribution in [0, 0.1) is 5.92 Å². The van der Waals surface area contributed by atoms with E-state index in [1.165, 1.54) is 0 Å². The first kappa shape index (κ1) is 15.7. The SMILES string of the molecule is O=C(C1CCOC1)N1CCCC(c2ncnc3cnc4[nH]ccc4c23)C1. The molecule has 26 heavy (non-hydrogen) atoms. The molecule has 134 valence electrons. The van der Waals surface area contributed by atoms with Gasteiger partial charge in [0.05, 0.1) is 29.9 Å². The van der Waals surface area contributed by atoms with E-state index in [-0.39, 0.29) is 17.7 Å². The van der Waals surface area contributed by atoms with Crippen LogP contribution >= 0.6 is 0 Å². The van der Waals surface area contributed by atoms with Crippen molar-refractivity contribution in [3.05, 3.63) is 30.5 Å². The van der Waals surface area contributed by atoms with Crippen molar-refractivity contribution >= 4 is 27.8 Å². The third kappa shape index (κ3) is 2.54. The molecule has 0 aromatic carbocycles. The first-order valence-corrected chi connectivity index (χ1v) is 9.24. The van der Waals surface area contributed by atoms with E-state index in [1.807, 2.05) is 17.2 Å². The molecule has 7 heteroatoms. The molecular formula is C19H21N5O2. The molecule has 3 aromatic heterocycles. The standard InChI is InChI=1S/C19H21N5O2/c25-19(13-4-7-26-10-13)24-6-1-2-12(9-24)17-16-14-3-5-20-18(14)21-8-15(16)22-11-23-17/h3,5,8,11-13H,1-2,4,6-7,9-10H2,(H,20,21). The lowest BCUT2D eigenvalue weighted by Crippen LogP contribution is -2.42. The number of pyridine rings is 1. The Morgan fingerprint density at radius 2 is 2.23 bits per heavy atom. The summed E-state index contributed by atoms with van der Waals surface area (Å²) in [7, 11) is 0. The van der Waals surface area contributed by atoms with Gasteiger partial charge in [0, 0.05) is 42.6 Å². The summed E-state index contributed by atoms with van der Waals surface area (Å²) in [6.45, 7) is 2.81. The number of amides is 1. The summed E-state index contributed by atoms with van der Waals surface area (Å²) in [5, 5.41) is 2.10. The Hall–Kier alpha value is -2.54. The summed E-state index contributed by atoms with van der Waals surface area (Å²) in [4.78, 5) is 31.4. The smallest absolute Gasteiger partial charge is 0.228 e. The fraction of sp³-hybridized carbons (Fsp3) is 0.474. The van der Waals surface area contributed by atoms with Crippen LogP contribution in [-0.2, 0) is 9.53 Å². The second-order valence-electron chi connectivity index (χ2n) is 7.20. The Balaban J connectivity index is 1.51. The second kappa shape index (κ2) is 6.32. The molecule has 5 heterocycles. The van der Waals surface area contributed by atoms with Gasteiger partial charge < -0.3 is 14.6 Å². The fourth-order valence-electron chi connectivity index (χ4n) is 4.28. The maximum absolute atomic E-state index is 12.8. The highest BCUT2D eigenvalue weighted by atomic mass is 16.5. The Bertz CT molecular complexity index is 963. The van der Waals surface area contributed by atoms with Crippen LogP contribution in [0.25, 0.3) is 21.9 Å². The number of likely N-dealkylation sites (tertiary alicyclic amines) is 1. The highest BCUT2D eigenvalue weighted by Crippen LogP contribution is 2.33. The van der Waals surface area contributed by atoms with Crippen LogP contribution in [0.5, 0.6) is 0 Å². The molecule has 2 aliphatic heterocycles. The summed E-state index contributed by atoms with van der Waals surface area (Å²) >= 11 is 0. The molecule has 2 unspecified atom stereocenters. The molecule has 3 aromatic rings. The molecular weight excluding hydrogens is 330 g/mol. The molecule has 0 aliphatic carbocycles. The lowest BCUT2D eigenvalue weighted by atomic mass is 9.91. The van der Waals surface area contributed by atoms with Gasteiger partial charge in [0.25, 0.3) is 0 Å². The minimum Gasteiger partial charge on any atom is -0.381 e. The fourth-order valence-corrected chi connectivity index (χ4v) is 4.28. The Labute approximate surface area is 150 Å². The highest BCUT2D eigenvalue weighted by molar-refractivity contribution is 6.04. The maximum Gasteiger partial charge on any atom is 0.228 e. The van der Waals surface area contributed by atoms with Gasteiger partial charge in [-0.25, -0.2) is 15.0 Å². The van der Waals surface area contributed by atoms with Crippen molar-refractivity contribution in [1.82, 2.24) is 24.8 Å². The van der Waals surface area contributed by atoms with Gasteiger partial charge in [0.1, 0.15) is 12.0 Å². The third-order valence-electron chi connectivity index (χ3n) is 5.62. The minimum atomic E-state index is 0.0245. The second-order valence-corrected chi connectivity index (χ2v) is 7.20. The summed E-state index contributed by atoms with van der Waals surface area (Å²) < 4.78 is 5.40. The number of carbonyl (C=O) groups is 1. The number of rotatable bonds is 2. The molecule has 0 bridgehead atoms. The van der Waals surface area contributed by atoms with Crippen molar-refractivity contribution in [2.75, 3.05) is 26.3 Å².